The van der Waals surface area contributed by atoms with Gasteiger partial charge in [-0.15, -0.1) is 0 Å². The average molecular weight is 409 g/mol. The number of hydrogen-bond acceptors (Lipinski definition) is 5. The summed E-state index contributed by atoms with van der Waals surface area (Å²) in [6.07, 6.45) is 1.83. The van der Waals surface area contributed by atoms with Crippen LogP contribution in [0.15, 0.2) is 58.4 Å². The van der Waals surface area contributed by atoms with E-state index in [4.69, 9.17) is 4.74 Å². The molecule has 0 atom stereocenters. The Morgan fingerprint density at radius 3 is 2.38 bits per heavy atom. The predicted molar refractivity (Wildman–Crippen MR) is 118 cm³/mol. The summed E-state index contributed by atoms with van der Waals surface area (Å²) in [5, 5.41) is 0.670. The van der Waals surface area contributed by atoms with E-state index in [9.17, 15) is 9.59 Å². The molecule has 150 valence electrons. The Hall–Kier alpha value is -2.86. The Morgan fingerprint density at radius 1 is 1.14 bits per heavy atom. The molecule has 6 heteroatoms. The van der Waals surface area contributed by atoms with E-state index in [-0.39, 0.29) is 17.9 Å². The molecule has 0 aliphatic carbocycles. The highest BCUT2D eigenvalue weighted by atomic mass is 32.2. The lowest BCUT2D eigenvalue weighted by molar-refractivity contribution is -0.123. The zero-order valence-electron chi connectivity index (χ0n) is 17.0. The molecule has 0 radical (unpaired) electrons. The smallest absolute Gasteiger partial charge is 0.338 e. The molecule has 3 rings (SSSR count). The first-order valence-electron chi connectivity index (χ1n) is 9.54. The van der Waals surface area contributed by atoms with Gasteiger partial charge in [0.2, 0.25) is 0 Å². The van der Waals surface area contributed by atoms with Crippen LogP contribution in [0.2, 0.25) is 0 Å². The highest BCUT2D eigenvalue weighted by molar-refractivity contribution is 8.18. The largest absolute Gasteiger partial charge is 0.462 e. The van der Waals surface area contributed by atoms with E-state index in [1.807, 2.05) is 63.2 Å². The van der Waals surface area contributed by atoms with Gasteiger partial charge in [0.15, 0.2) is 5.17 Å². The van der Waals surface area contributed by atoms with Gasteiger partial charge < -0.3 is 4.74 Å². The van der Waals surface area contributed by atoms with Gasteiger partial charge in [-0.25, -0.2) is 9.79 Å². The van der Waals surface area contributed by atoms with E-state index in [1.165, 1.54) is 11.8 Å². The van der Waals surface area contributed by atoms with Crippen LogP contribution in [0.3, 0.4) is 0 Å². The number of amides is 1. The van der Waals surface area contributed by atoms with E-state index in [1.54, 1.807) is 24.0 Å². The number of esters is 1. The lowest BCUT2D eigenvalue weighted by atomic mass is 10.1. The Balaban J connectivity index is 1.87. The molecule has 2 aromatic rings. The van der Waals surface area contributed by atoms with Crippen LogP contribution in [0.4, 0.5) is 5.69 Å². The van der Waals surface area contributed by atoms with Crippen LogP contribution >= 0.6 is 11.8 Å². The SMILES string of the molecule is CCOC(=O)c1ccc(/C=C2/SC(=Nc3ccc(C)cc3)N(C(C)C)C2=O)cc1. The first-order chi connectivity index (χ1) is 13.9. The number of rotatable bonds is 5. The molecule has 2 aromatic carbocycles. The fourth-order valence-electron chi connectivity index (χ4n) is 2.83. The molecule has 1 aliphatic rings. The van der Waals surface area contributed by atoms with Crippen molar-refractivity contribution in [1.82, 2.24) is 4.90 Å². The molecule has 0 aromatic heterocycles. The van der Waals surface area contributed by atoms with Crippen molar-refractivity contribution in [3.8, 4) is 0 Å². The van der Waals surface area contributed by atoms with Crippen molar-refractivity contribution < 1.29 is 14.3 Å². The van der Waals surface area contributed by atoms with Crippen molar-refractivity contribution in [3.05, 3.63) is 70.1 Å². The number of thioether (sulfide) groups is 1. The van der Waals surface area contributed by atoms with Gasteiger partial charge in [-0.3, -0.25) is 9.69 Å². The molecule has 1 fully saturated rings. The predicted octanol–water partition coefficient (Wildman–Crippen LogP) is 5.18. The fraction of sp³-hybridized carbons (Fsp3) is 0.261. The number of carbonyl (C=O) groups is 2. The zero-order chi connectivity index (χ0) is 21.0. The van der Waals surface area contributed by atoms with E-state index < -0.39 is 0 Å². The second-order valence-corrected chi connectivity index (χ2v) is 7.96. The summed E-state index contributed by atoms with van der Waals surface area (Å²) in [5.74, 6) is -0.415. The van der Waals surface area contributed by atoms with Crippen LogP contribution in [0, 0.1) is 6.92 Å². The number of aryl methyl sites for hydroxylation is 1. The van der Waals surface area contributed by atoms with Gasteiger partial charge in [-0.2, -0.15) is 0 Å². The Labute approximate surface area is 175 Å². The van der Waals surface area contributed by atoms with Crippen LogP contribution in [0.1, 0.15) is 42.3 Å². The topological polar surface area (TPSA) is 59.0 Å². The Kier molecular flexibility index (Phi) is 6.54. The molecule has 1 saturated heterocycles. The summed E-state index contributed by atoms with van der Waals surface area (Å²) in [7, 11) is 0. The quantitative estimate of drug-likeness (QED) is 0.505. The molecule has 1 heterocycles. The molecule has 0 spiro atoms. The first kappa shape index (κ1) is 20.9. The molecule has 29 heavy (non-hydrogen) atoms. The summed E-state index contributed by atoms with van der Waals surface area (Å²) >= 11 is 1.36. The molecule has 5 nitrogen and oxygen atoms in total. The van der Waals surface area contributed by atoms with Crippen molar-refractivity contribution in [3.63, 3.8) is 0 Å². The minimum absolute atomic E-state index is 0.00344. The van der Waals surface area contributed by atoms with Gasteiger partial charge in [0.1, 0.15) is 0 Å². The summed E-state index contributed by atoms with van der Waals surface area (Å²) in [4.78, 5) is 31.7. The third kappa shape index (κ3) is 4.95. The number of ether oxygens (including phenoxy) is 1. The summed E-state index contributed by atoms with van der Waals surface area (Å²) in [5.41, 5.74) is 3.31. The van der Waals surface area contributed by atoms with Gasteiger partial charge >= 0.3 is 5.97 Å². The van der Waals surface area contributed by atoms with E-state index in [0.717, 1.165) is 16.8 Å². The Morgan fingerprint density at radius 2 is 1.79 bits per heavy atom. The van der Waals surface area contributed by atoms with Gasteiger partial charge in [0, 0.05) is 6.04 Å². The fourth-order valence-corrected chi connectivity index (χ4v) is 3.95. The number of benzene rings is 2. The molecule has 1 aliphatic heterocycles. The van der Waals surface area contributed by atoms with E-state index >= 15 is 0 Å². The number of aliphatic imine (C=N–C) groups is 1. The third-order valence-corrected chi connectivity index (χ3v) is 5.31. The van der Waals surface area contributed by atoms with Crippen LogP contribution in [-0.2, 0) is 9.53 Å². The first-order valence-corrected chi connectivity index (χ1v) is 10.4. The lowest BCUT2D eigenvalue weighted by Crippen LogP contribution is -2.35. The third-order valence-electron chi connectivity index (χ3n) is 4.33. The van der Waals surface area contributed by atoms with Gasteiger partial charge in [0.25, 0.3) is 5.91 Å². The second-order valence-electron chi connectivity index (χ2n) is 6.95. The van der Waals surface area contributed by atoms with Crippen molar-refractivity contribution in [2.45, 2.75) is 33.7 Å². The highest BCUT2D eigenvalue weighted by Gasteiger charge is 2.35. The summed E-state index contributed by atoms with van der Waals surface area (Å²) < 4.78 is 5.00. The molecule has 0 N–H and O–H groups in total. The summed E-state index contributed by atoms with van der Waals surface area (Å²) in [6, 6.07) is 14.9. The van der Waals surface area contributed by atoms with Crippen molar-refractivity contribution >= 4 is 40.6 Å². The second kappa shape index (κ2) is 9.09. The maximum absolute atomic E-state index is 12.9. The number of hydrogen-bond donors (Lipinski definition) is 0. The van der Waals surface area contributed by atoms with Gasteiger partial charge in [-0.1, -0.05) is 29.8 Å². The minimum Gasteiger partial charge on any atom is -0.462 e. The molecule has 0 bridgehead atoms. The van der Waals surface area contributed by atoms with Gasteiger partial charge in [-0.05, 0) is 75.4 Å². The zero-order valence-corrected chi connectivity index (χ0v) is 17.8. The van der Waals surface area contributed by atoms with Crippen LogP contribution in [0.5, 0.6) is 0 Å². The number of carbonyl (C=O) groups excluding carboxylic acids is 2. The maximum Gasteiger partial charge on any atom is 0.338 e. The normalized spacial score (nSPS) is 16.9. The molecular formula is C23H24N2O3S. The monoisotopic (exact) mass is 408 g/mol. The maximum atomic E-state index is 12.9. The van der Waals surface area contributed by atoms with Crippen molar-refractivity contribution in [2.24, 2.45) is 4.99 Å². The average Bonchev–Trinajstić information content (AvgIpc) is 2.99. The molecule has 1 amide bonds. The van der Waals surface area contributed by atoms with Crippen molar-refractivity contribution in [1.29, 1.82) is 0 Å². The lowest BCUT2D eigenvalue weighted by Gasteiger charge is -2.19. The van der Waals surface area contributed by atoms with Gasteiger partial charge in [0.05, 0.1) is 22.8 Å². The van der Waals surface area contributed by atoms with E-state index in [2.05, 4.69) is 4.99 Å². The molecule has 0 unspecified atom stereocenters. The van der Waals surface area contributed by atoms with Crippen LogP contribution in [-0.4, -0.2) is 34.6 Å². The number of nitrogens with zero attached hydrogens (tertiary/aromatic N) is 2. The van der Waals surface area contributed by atoms with E-state index in [0.29, 0.717) is 22.2 Å². The molecule has 0 saturated carbocycles. The standard InChI is InChI=1S/C23H24N2O3S/c1-5-28-22(27)18-10-8-17(9-11-18)14-20-21(26)25(15(2)3)23(29-20)24-19-12-6-16(4)7-13-19/h6-15H,5H2,1-4H3/b20-14+,24-23?. The molecular weight excluding hydrogens is 384 g/mol. The van der Waals surface area contributed by atoms with Crippen LogP contribution in [0.25, 0.3) is 6.08 Å². The minimum atomic E-state index is -0.350. The van der Waals surface area contributed by atoms with Crippen LogP contribution < -0.4 is 0 Å². The number of amidine groups is 1. The summed E-state index contributed by atoms with van der Waals surface area (Å²) in [6.45, 7) is 8.08. The Bertz CT molecular complexity index is 961. The highest BCUT2D eigenvalue weighted by Crippen LogP contribution is 2.35. The van der Waals surface area contributed by atoms with Crippen molar-refractivity contribution in [2.75, 3.05) is 6.61 Å².